The van der Waals surface area contributed by atoms with E-state index >= 15 is 0 Å². The van der Waals surface area contributed by atoms with Crippen molar-refractivity contribution in [1.82, 2.24) is 9.47 Å². The number of ether oxygens (including phenoxy) is 3. The third-order valence-corrected chi connectivity index (χ3v) is 7.30. The number of para-hydroxylation sites is 1. The summed E-state index contributed by atoms with van der Waals surface area (Å²) in [5, 5.41) is 0. The van der Waals surface area contributed by atoms with E-state index in [-0.39, 0.29) is 22.8 Å². The Morgan fingerprint density at radius 1 is 1.17 bits per heavy atom. The molecule has 10 heteroatoms. The Labute approximate surface area is 208 Å². The van der Waals surface area contributed by atoms with E-state index in [0.717, 1.165) is 13.1 Å². The highest BCUT2D eigenvalue weighted by atomic mass is 16.5. The molecule has 1 fully saturated rings. The standard InChI is InChI=1S/C26H30N4O6/c1-4-29-18-8-6-5-7-17(18)26(25(29)33)20-19(36-22(27)21(26)24(32)34-3)15-16(2)30(23(20)31)10-9-28-11-13-35-14-12-28/h5-8,15H,4,9-14,27H2,1-3H3. The molecule has 0 saturated carbocycles. The number of nitrogens with two attached hydrogens (primary N) is 1. The van der Waals surface area contributed by atoms with Gasteiger partial charge >= 0.3 is 5.97 Å². The normalized spacial score (nSPS) is 21.4. The maximum Gasteiger partial charge on any atom is 0.340 e. The molecule has 1 atom stereocenters. The average Bonchev–Trinajstić information content (AvgIpc) is 3.11. The number of benzene rings is 1. The summed E-state index contributed by atoms with van der Waals surface area (Å²) in [5.41, 5.74) is 5.81. The molecule has 1 unspecified atom stereocenters. The number of hydrogen-bond donors (Lipinski definition) is 1. The summed E-state index contributed by atoms with van der Waals surface area (Å²) in [6, 6.07) is 8.86. The van der Waals surface area contributed by atoms with Gasteiger partial charge in [-0.05, 0) is 19.9 Å². The van der Waals surface area contributed by atoms with Crippen molar-refractivity contribution in [2.45, 2.75) is 25.8 Å². The van der Waals surface area contributed by atoms with Gasteiger partial charge in [0.05, 0.1) is 25.9 Å². The van der Waals surface area contributed by atoms with E-state index in [1.54, 1.807) is 33.7 Å². The fourth-order valence-electron chi connectivity index (χ4n) is 5.60. The van der Waals surface area contributed by atoms with Crippen molar-refractivity contribution >= 4 is 17.6 Å². The van der Waals surface area contributed by atoms with Gasteiger partial charge in [-0.1, -0.05) is 18.2 Å². The van der Waals surface area contributed by atoms with E-state index in [1.807, 2.05) is 19.9 Å². The molecule has 1 aromatic carbocycles. The number of likely N-dealkylation sites (N-methyl/N-ethyl adjacent to an activating group) is 1. The number of pyridine rings is 1. The average molecular weight is 495 g/mol. The van der Waals surface area contributed by atoms with Crippen LogP contribution in [0.25, 0.3) is 0 Å². The molecular weight excluding hydrogens is 464 g/mol. The Kier molecular flexibility index (Phi) is 6.09. The summed E-state index contributed by atoms with van der Waals surface area (Å²) in [5.74, 6) is -1.33. The number of nitrogens with zero attached hydrogens (tertiary/aromatic N) is 3. The van der Waals surface area contributed by atoms with E-state index in [1.165, 1.54) is 7.11 Å². The molecular formula is C26H30N4O6. The highest BCUT2D eigenvalue weighted by Gasteiger charge is 2.62. The van der Waals surface area contributed by atoms with Crippen LogP contribution >= 0.6 is 0 Å². The molecule has 1 amide bonds. The smallest absolute Gasteiger partial charge is 0.340 e. The summed E-state index contributed by atoms with van der Waals surface area (Å²) in [4.78, 5) is 45.5. The monoisotopic (exact) mass is 494 g/mol. The van der Waals surface area contributed by atoms with Crippen LogP contribution in [0.5, 0.6) is 5.75 Å². The second-order valence-electron chi connectivity index (χ2n) is 9.09. The zero-order valence-electron chi connectivity index (χ0n) is 20.7. The van der Waals surface area contributed by atoms with E-state index in [2.05, 4.69) is 4.90 Å². The number of fused-ring (bicyclic) bond motifs is 4. The fraction of sp³-hybridized carbons (Fsp3) is 0.423. The highest BCUT2D eigenvalue weighted by molar-refractivity contribution is 6.18. The lowest BCUT2D eigenvalue weighted by molar-refractivity contribution is -0.138. The number of carbonyl (C=O) groups excluding carboxylic acids is 2. The van der Waals surface area contributed by atoms with Gasteiger partial charge in [-0.2, -0.15) is 0 Å². The lowest BCUT2D eigenvalue weighted by atomic mass is 9.68. The van der Waals surface area contributed by atoms with Crippen molar-refractivity contribution in [1.29, 1.82) is 0 Å². The predicted molar refractivity (Wildman–Crippen MR) is 132 cm³/mol. The number of carbonyl (C=O) groups is 2. The van der Waals surface area contributed by atoms with Crippen molar-refractivity contribution in [2.75, 3.05) is 51.4 Å². The summed E-state index contributed by atoms with van der Waals surface area (Å²) >= 11 is 0. The molecule has 0 aliphatic carbocycles. The third kappa shape index (κ3) is 3.35. The van der Waals surface area contributed by atoms with Crippen LogP contribution in [0.15, 0.2) is 46.6 Å². The number of hydrogen-bond acceptors (Lipinski definition) is 8. The lowest BCUT2D eigenvalue weighted by Crippen LogP contribution is -2.52. The molecule has 0 bridgehead atoms. The number of anilines is 1. The van der Waals surface area contributed by atoms with E-state index < -0.39 is 22.9 Å². The first kappa shape index (κ1) is 24.1. The van der Waals surface area contributed by atoms with E-state index in [0.29, 0.717) is 49.8 Å². The molecule has 2 N–H and O–H groups in total. The predicted octanol–water partition coefficient (Wildman–Crippen LogP) is 0.877. The topological polar surface area (TPSA) is 116 Å². The van der Waals surface area contributed by atoms with Crippen LogP contribution in [-0.2, 0) is 31.0 Å². The highest BCUT2D eigenvalue weighted by Crippen LogP contribution is 2.54. The Morgan fingerprint density at radius 3 is 2.58 bits per heavy atom. The zero-order valence-corrected chi connectivity index (χ0v) is 20.7. The Bertz CT molecular complexity index is 1330. The van der Waals surface area contributed by atoms with Crippen molar-refractivity contribution in [3.05, 3.63) is 69.0 Å². The number of rotatable bonds is 5. The van der Waals surface area contributed by atoms with Crippen LogP contribution in [0, 0.1) is 6.92 Å². The lowest BCUT2D eigenvalue weighted by Gasteiger charge is -2.36. The Morgan fingerprint density at radius 2 is 1.89 bits per heavy atom. The number of methoxy groups -OCH3 is 1. The largest absolute Gasteiger partial charge is 0.465 e. The quantitative estimate of drug-likeness (QED) is 0.609. The molecule has 3 aliphatic rings. The first-order chi connectivity index (χ1) is 17.4. The first-order valence-corrected chi connectivity index (χ1v) is 12.1. The van der Waals surface area contributed by atoms with Gasteiger partial charge in [0.1, 0.15) is 16.7 Å². The molecule has 2 aromatic rings. The second-order valence-corrected chi connectivity index (χ2v) is 9.09. The van der Waals surface area contributed by atoms with E-state index in [9.17, 15) is 14.4 Å². The second kappa shape index (κ2) is 9.11. The number of morpholine rings is 1. The van der Waals surface area contributed by atoms with Crippen LogP contribution in [0.1, 0.15) is 23.7 Å². The van der Waals surface area contributed by atoms with Crippen LogP contribution < -0.4 is 20.9 Å². The molecule has 5 rings (SSSR count). The van der Waals surface area contributed by atoms with Gasteiger partial charge in [0.15, 0.2) is 0 Å². The minimum Gasteiger partial charge on any atom is -0.465 e. The van der Waals surface area contributed by atoms with Gasteiger partial charge in [0.2, 0.25) is 11.8 Å². The maximum absolute atomic E-state index is 14.3. The molecule has 1 aromatic heterocycles. The third-order valence-electron chi connectivity index (χ3n) is 7.30. The summed E-state index contributed by atoms with van der Waals surface area (Å²) in [6.45, 7) is 7.94. The molecule has 1 spiro atoms. The number of amides is 1. The molecule has 3 aliphatic heterocycles. The van der Waals surface area contributed by atoms with Gasteiger partial charge in [-0.25, -0.2) is 4.79 Å². The Balaban J connectivity index is 1.76. The van der Waals surface area contributed by atoms with Crippen LogP contribution in [0.3, 0.4) is 0 Å². The zero-order chi connectivity index (χ0) is 25.6. The van der Waals surface area contributed by atoms with Gasteiger partial charge in [0.25, 0.3) is 5.56 Å². The van der Waals surface area contributed by atoms with Crippen LogP contribution in [-0.4, -0.2) is 67.8 Å². The SMILES string of the molecule is CCN1C(=O)C2(C(C(=O)OC)=C(N)Oc3cc(C)n(CCN4CCOCC4)c(=O)c32)c2ccccc21. The summed E-state index contributed by atoms with van der Waals surface area (Å²) in [7, 11) is 1.21. The van der Waals surface area contributed by atoms with Crippen molar-refractivity contribution in [3.8, 4) is 5.75 Å². The number of aryl methyl sites for hydroxylation is 1. The van der Waals surface area contributed by atoms with Crippen LogP contribution in [0.2, 0.25) is 0 Å². The van der Waals surface area contributed by atoms with Crippen molar-refractivity contribution in [2.24, 2.45) is 5.73 Å². The summed E-state index contributed by atoms with van der Waals surface area (Å²) < 4.78 is 18.0. The van der Waals surface area contributed by atoms with E-state index in [4.69, 9.17) is 19.9 Å². The molecule has 10 nitrogen and oxygen atoms in total. The number of aromatic nitrogens is 1. The molecule has 36 heavy (non-hydrogen) atoms. The molecule has 190 valence electrons. The van der Waals surface area contributed by atoms with Crippen molar-refractivity contribution in [3.63, 3.8) is 0 Å². The maximum atomic E-state index is 14.3. The summed E-state index contributed by atoms with van der Waals surface area (Å²) in [6.07, 6.45) is 0. The minimum absolute atomic E-state index is 0.0816. The Hall–Kier alpha value is -3.63. The first-order valence-electron chi connectivity index (χ1n) is 12.1. The van der Waals surface area contributed by atoms with Gasteiger partial charge < -0.3 is 29.4 Å². The molecule has 0 radical (unpaired) electrons. The fourth-order valence-corrected chi connectivity index (χ4v) is 5.60. The molecule has 1 saturated heterocycles. The minimum atomic E-state index is -1.77. The van der Waals surface area contributed by atoms with Gasteiger partial charge in [-0.3, -0.25) is 14.5 Å². The van der Waals surface area contributed by atoms with Gasteiger partial charge in [-0.15, -0.1) is 0 Å². The van der Waals surface area contributed by atoms with Gasteiger partial charge in [0, 0.05) is 55.7 Å². The number of esters is 1. The van der Waals surface area contributed by atoms with Crippen LogP contribution in [0.4, 0.5) is 5.69 Å². The molecule has 4 heterocycles. The van der Waals surface area contributed by atoms with Crippen molar-refractivity contribution < 1.29 is 23.8 Å².